The van der Waals surface area contributed by atoms with E-state index in [0.29, 0.717) is 29.6 Å². The van der Waals surface area contributed by atoms with Crippen LogP contribution in [0.2, 0.25) is 5.02 Å². The number of nitrogens with zero attached hydrogens (tertiary/aromatic N) is 4. The summed E-state index contributed by atoms with van der Waals surface area (Å²) in [6.45, 7) is 4.86. The lowest BCUT2D eigenvalue weighted by Crippen LogP contribution is -2.32. The van der Waals surface area contributed by atoms with Crippen molar-refractivity contribution in [3.8, 4) is 5.82 Å². The smallest absolute Gasteiger partial charge is 0.319 e. The Labute approximate surface area is 162 Å². The van der Waals surface area contributed by atoms with Gasteiger partial charge in [-0.05, 0) is 26.0 Å². The number of nitrogens with one attached hydrogen (secondary N) is 3. The molecule has 0 aliphatic carbocycles. The van der Waals surface area contributed by atoms with E-state index in [0.717, 1.165) is 17.2 Å². The number of imidazole rings is 1. The molecule has 140 valence electrons. The van der Waals surface area contributed by atoms with Gasteiger partial charge in [-0.3, -0.25) is 4.57 Å². The van der Waals surface area contributed by atoms with Gasteiger partial charge in [0.1, 0.15) is 24.3 Å². The maximum absolute atomic E-state index is 11.9. The molecule has 3 rings (SSSR count). The molecule has 0 aliphatic rings. The Kier molecular flexibility index (Phi) is 5.87. The number of carbonyl (C=O) groups excluding carboxylic acids is 1. The van der Waals surface area contributed by atoms with Crippen LogP contribution in [0.1, 0.15) is 11.4 Å². The topological polar surface area (TPSA) is 96.8 Å². The molecule has 1 aromatic carbocycles. The molecule has 3 N–H and O–H groups in total. The normalized spacial score (nSPS) is 10.5. The number of para-hydroxylation sites is 1. The summed E-state index contributed by atoms with van der Waals surface area (Å²) in [4.78, 5) is 24.7. The lowest BCUT2D eigenvalue weighted by molar-refractivity contribution is 0.252. The van der Waals surface area contributed by atoms with Gasteiger partial charge in [-0.2, -0.15) is 0 Å². The molecule has 9 heteroatoms. The zero-order valence-corrected chi connectivity index (χ0v) is 15.8. The van der Waals surface area contributed by atoms with Crippen LogP contribution in [0.5, 0.6) is 0 Å². The van der Waals surface area contributed by atoms with Crippen molar-refractivity contribution < 1.29 is 4.79 Å². The second kappa shape index (κ2) is 8.50. The van der Waals surface area contributed by atoms with E-state index in [1.54, 1.807) is 30.6 Å². The summed E-state index contributed by atoms with van der Waals surface area (Å²) in [5.74, 6) is 1.40. The van der Waals surface area contributed by atoms with Crippen LogP contribution in [0.15, 0.2) is 43.0 Å². The van der Waals surface area contributed by atoms with Gasteiger partial charge in [0.15, 0.2) is 0 Å². The predicted octanol–water partition coefficient (Wildman–Crippen LogP) is 3.17. The molecular weight excluding hydrogens is 366 g/mol. The van der Waals surface area contributed by atoms with E-state index in [2.05, 4.69) is 30.9 Å². The van der Waals surface area contributed by atoms with E-state index in [1.807, 2.05) is 24.5 Å². The zero-order valence-electron chi connectivity index (χ0n) is 15.0. The highest BCUT2D eigenvalue weighted by Crippen LogP contribution is 2.20. The third kappa shape index (κ3) is 4.73. The molecule has 0 spiro atoms. The first kappa shape index (κ1) is 18.7. The number of halogens is 1. The Morgan fingerprint density at radius 2 is 1.96 bits per heavy atom. The van der Waals surface area contributed by atoms with Crippen LogP contribution in [0.25, 0.3) is 5.82 Å². The second-order valence-electron chi connectivity index (χ2n) is 5.83. The highest BCUT2D eigenvalue weighted by Gasteiger charge is 2.07. The molecule has 0 fully saturated rings. The van der Waals surface area contributed by atoms with Crippen molar-refractivity contribution in [3.63, 3.8) is 0 Å². The summed E-state index contributed by atoms with van der Waals surface area (Å²) in [6.07, 6.45) is 3.22. The van der Waals surface area contributed by atoms with Crippen molar-refractivity contribution in [1.29, 1.82) is 0 Å². The molecule has 2 amide bonds. The van der Waals surface area contributed by atoms with Gasteiger partial charge in [0.2, 0.25) is 0 Å². The Bertz CT molecular complexity index is 941. The van der Waals surface area contributed by atoms with E-state index in [4.69, 9.17) is 11.6 Å². The first-order chi connectivity index (χ1) is 13.0. The Hall–Kier alpha value is -3.13. The van der Waals surface area contributed by atoms with E-state index in [1.165, 1.54) is 6.33 Å². The fraction of sp³-hybridized carbons (Fsp3) is 0.222. The van der Waals surface area contributed by atoms with Crippen LogP contribution in [-0.4, -0.2) is 38.6 Å². The first-order valence-corrected chi connectivity index (χ1v) is 8.78. The summed E-state index contributed by atoms with van der Waals surface area (Å²) in [7, 11) is 0. The van der Waals surface area contributed by atoms with E-state index in [-0.39, 0.29) is 6.03 Å². The highest BCUT2D eigenvalue weighted by atomic mass is 35.5. The first-order valence-electron chi connectivity index (χ1n) is 8.41. The Morgan fingerprint density at radius 3 is 2.70 bits per heavy atom. The minimum Gasteiger partial charge on any atom is -0.368 e. The lowest BCUT2D eigenvalue weighted by Gasteiger charge is -2.10. The molecule has 27 heavy (non-hydrogen) atoms. The molecule has 0 aliphatic heterocycles. The number of aryl methyl sites for hydroxylation is 1. The SMILES string of the molecule is Cc1ncn(-c2cc(NCCNC(=O)Nc3ccccc3Cl)ncn2)c1C. The van der Waals surface area contributed by atoms with Gasteiger partial charge >= 0.3 is 6.03 Å². The lowest BCUT2D eigenvalue weighted by atomic mass is 10.3. The van der Waals surface area contributed by atoms with Crippen molar-refractivity contribution in [1.82, 2.24) is 24.8 Å². The van der Waals surface area contributed by atoms with Gasteiger partial charge < -0.3 is 16.0 Å². The van der Waals surface area contributed by atoms with Crippen molar-refractivity contribution in [3.05, 3.63) is 59.4 Å². The molecule has 2 aromatic heterocycles. The van der Waals surface area contributed by atoms with E-state index < -0.39 is 0 Å². The van der Waals surface area contributed by atoms with E-state index >= 15 is 0 Å². The third-order valence-corrected chi connectivity index (χ3v) is 4.32. The molecule has 8 nitrogen and oxygen atoms in total. The minimum atomic E-state index is -0.321. The van der Waals surface area contributed by atoms with Crippen LogP contribution in [0, 0.1) is 13.8 Å². The second-order valence-corrected chi connectivity index (χ2v) is 6.24. The van der Waals surface area contributed by atoms with Crippen molar-refractivity contribution in [2.45, 2.75) is 13.8 Å². The molecule has 0 radical (unpaired) electrons. The summed E-state index contributed by atoms with van der Waals surface area (Å²) < 4.78 is 1.90. The summed E-state index contributed by atoms with van der Waals surface area (Å²) in [5.41, 5.74) is 2.55. The monoisotopic (exact) mass is 385 g/mol. The fourth-order valence-corrected chi connectivity index (χ4v) is 2.58. The van der Waals surface area contributed by atoms with Crippen molar-refractivity contribution in [2.24, 2.45) is 0 Å². The van der Waals surface area contributed by atoms with Gasteiger partial charge in [-0.25, -0.2) is 19.7 Å². The van der Waals surface area contributed by atoms with Crippen LogP contribution < -0.4 is 16.0 Å². The van der Waals surface area contributed by atoms with E-state index in [9.17, 15) is 4.79 Å². The third-order valence-electron chi connectivity index (χ3n) is 3.99. The van der Waals surface area contributed by atoms with Gasteiger partial charge in [0.05, 0.1) is 16.4 Å². The number of rotatable bonds is 6. The predicted molar refractivity (Wildman–Crippen MR) is 106 cm³/mol. The molecule has 0 bridgehead atoms. The standard InChI is InChI=1S/C18H20ClN7O/c1-12-13(2)26(11-24-12)17-9-16(22-10-23-17)20-7-8-21-18(27)25-15-6-4-3-5-14(15)19/h3-6,9-11H,7-8H2,1-2H3,(H,20,22,23)(H2,21,25,27). The Morgan fingerprint density at radius 1 is 1.15 bits per heavy atom. The van der Waals surface area contributed by atoms with Gasteiger partial charge in [-0.1, -0.05) is 23.7 Å². The van der Waals surface area contributed by atoms with Crippen LogP contribution in [0.4, 0.5) is 16.3 Å². The van der Waals surface area contributed by atoms with Gasteiger partial charge in [0, 0.05) is 24.8 Å². The van der Waals surface area contributed by atoms with Gasteiger partial charge in [0.25, 0.3) is 0 Å². The minimum absolute atomic E-state index is 0.321. The molecule has 0 atom stereocenters. The quantitative estimate of drug-likeness (QED) is 0.566. The molecule has 0 unspecified atom stereocenters. The molecule has 0 saturated carbocycles. The number of amides is 2. The Balaban J connectivity index is 1.49. The average molecular weight is 386 g/mol. The van der Waals surface area contributed by atoms with Crippen LogP contribution >= 0.6 is 11.6 Å². The molecular formula is C18H20ClN7O. The fourth-order valence-electron chi connectivity index (χ4n) is 2.40. The number of urea groups is 1. The zero-order chi connectivity index (χ0) is 19.2. The number of hydrogen-bond acceptors (Lipinski definition) is 5. The van der Waals surface area contributed by atoms with Crippen molar-refractivity contribution in [2.75, 3.05) is 23.7 Å². The number of anilines is 2. The molecule has 3 aromatic rings. The maximum atomic E-state index is 11.9. The number of carbonyl (C=O) groups is 1. The molecule has 2 heterocycles. The summed E-state index contributed by atoms with van der Waals surface area (Å²) in [5, 5.41) is 9.11. The largest absolute Gasteiger partial charge is 0.368 e. The van der Waals surface area contributed by atoms with Crippen LogP contribution in [-0.2, 0) is 0 Å². The van der Waals surface area contributed by atoms with Crippen LogP contribution in [0.3, 0.4) is 0 Å². The van der Waals surface area contributed by atoms with Gasteiger partial charge in [-0.15, -0.1) is 0 Å². The maximum Gasteiger partial charge on any atom is 0.319 e. The number of aromatic nitrogens is 4. The summed E-state index contributed by atoms with van der Waals surface area (Å²) in [6, 6.07) is 8.57. The molecule has 0 saturated heterocycles. The summed E-state index contributed by atoms with van der Waals surface area (Å²) >= 11 is 6.01. The van der Waals surface area contributed by atoms with Crippen molar-refractivity contribution >= 4 is 29.1 Å². The average Bonchev–Trinajstić information content (AvgIpc) is 3.00. The number of hydrogen-bond donors (Lipinski definition) is 3. The number of benzene rings is 1. The highest BCUT2D eigenvalue weighted by molar-refractivity contribution is 6.33.